The van der Waals surface area contributed by atoms with Crippen LogP contribution in [0.5, 0.6) is 0 Å². The highest BCUT2D eigenvalue weighted by Gasteiger charge is 2.45. The summed E-state index contributed by atoms with van der Waals surface area (Å²) in [7, 11) is 0. The molecule has 1 N–H and O–H groups in total. The van der Waals surface area contributed by atoms with E-state index in [0.29, 0.717) is 18.8 Å². The molecule has 2 fully saturated rings. The zero-order valence-corrected chi connectivity index (χ0v) is 9.37. The molecule has 2 aliphatic rings. The molecule has 15 heavy (non-hydrogen) atoms. The summed E-state index contributed by atoms with van der Waals surface area (Å²) in [6, 6.07) is 0. The third-order valence-corrected chi connectivity index (χ3v) is 3.79. The molecular formula is C12H20O3. The Morgan fingerprint density at radius 3 is 2.53 bits per heavy atom. The minimum Gasteiger partial charge on any atom is -0.479 e. The van der Waals surface area contributed by atoms with Crippen molar-refractivity contribution in [3.63, 3.8) is 0 Å². The minimum atomic E-state index is -0.858. The Hall–Kier alpha value is -0.570. The minimum absolute atomic E-state index is 0.214. The quantitative estimate of drug-likeness (QED) is 0.782. The normalized spacial score (nSPS) is 37.3. The van der Waals surface area contributed by atoms with Crippen LogP contribution in [0.15, 0.2) is 0 Å². The monoisotopic (exact) mass is 212 g/mol. The van der Waals surface area contributed by atoms with Gasteiger partial charge < -0.3 is 9.84 Å². The van der Waals surface area contributed by atoms with Crippen LogP contribution in [0.4, 0.5) is 0 Å². The highest BCUT2D eigenvalue weighted by Crippen LogP contribution is 2.39. The Bertz CT molecular complexity index is 247. The average molecular weight is 212 g/mol. The highest BCUT2D eigenvalue weighted by molar-refractivity contribution is 5.77. The Kier molecular flexibility index (Phi) is 3.01. The first-order valence-corrected chi connectivity index (χ1v) is 6.04. The van der Waals surface area contributed by atoms with Crippen molar-refractivity contribution in [3.05, 3.63) is 0 Å². The smallest absolute Gasteiger partial charge is 0.335 e. The van der Waals surface area contributed by atoms with Crippen molar-refractivity contribution in [2.24, 2.45) is 5.92 Å². The molecule has 86 valence electrons. The Labute approximate surface area is 90.8 Å². The molecular weight excluding hydrogens is 192 g/mol. The predicted octanol–water partition coefficient (Wildman–Crippen LogP) is 2.59. The van der Waals surface area contributed by atoms with Crippen LogP contribution in [0.25, 0.3) is 0 Å². The van der Waals surface area contributed by atoms with Gasteiger partial charge in [-0.15, -0.1) is 0 Å². The molecule has 0 radical (unpaired) electrons. The van der Waals surface area contributed by atoms with Gasteiger partial charge in [0.1, 0.15) is 0 Å². The maximum atomic E-state index is 11.4. The molecule has 0 aromatic carbocycles. The lowest BCUT2D eigenvalue weighted by Crippen LogP contribution is -2.48. The van der Waals surface area contributed by atoms with Crippen LogP contribution >= 0.6 is 0 Å². The summed E-state index contributed by atoms with van der Waals surface area (Å²) in [5.41, 5.74) is -0.858. The summed E-state index contributed by atoms with van der Waals surface area (Å²) in [5.74, 6) is -0.268. The number of rotatable bonds is 3. The average Bonchev–Trinajstić information content (AvgIpc) is 2.11. The van der Waals surface area contributed by atoms with Gasteiger partial charge in [-0.1, -0.05) is 13.3 Å². The molecule has 2 aliphatic carbocycles. The van der Waals surface area contributed by atoms with Gasteiger partial charge in [-0.3, -0.25) is 0 Å². The fraction of sp³-hybridized carbons (Fsp3) is 0.917. The highest BCUT2D eigenvalue weighted by atomic mass is 16.5. The van der Waals surface area contributed by atoms with Crippen LogP contribution in [0.1, 0.15) is 51.9 Å². The van der Waals surface area contributed by atoms with E-state index in [4.69, 9.17) is 4.74 Å². The van der Waals surface area contributed by atoms with Crippen molar-refractivity contribution >= 4 is 5.97 Å². The Morgan fingerprint density at radius 1 is 1.33 bits per heavy atom. The number of carboxylic acid groups (broad SMARTS) is 1. The standard InChI is InChI=1S/C12H20O3/c1-9-4-3-7-12(8-9,11(13)14)15-10-5-2-6-10/h9-10H,2-8H2,1H3,(H,13,14). The van der Waals surface area contributed by atoms with Crippen molar-refractivity contribution in [1.82, 2.24) is 0 Å². The van der Waals surface area contributed by atoms with E-state index in [1.807, 2.05) is 0 Å². The first kappa shape index (κ1) is 10.9. The fourth-order valence-electron chi connectivity index (χ4n) is 2.66. The second kappa shape index (κ2) is 4.12. The molecule has 0 aliphatic heterocycles. The number of carboxylic acids is 1. The van der Waals surface area contributed by atoms with Crippen LogP contribution in [0, 0.1) is 5.92 Å². The first-order chi connectivity index (χ1) is 7.12. The van der Waals surface area contributed by atoms with E-state index in [2.05, 4.69) is 6.92 Å². The molecule has 2 atom stereocenters. The summed E-state index contributed by atoms with van der Waals surface area (Å²) in [6.07, 6.45) is 7.01. The molecule has 2 saturated carbocycles. The molecule has 0 heterocycles. The van der Waals surface area contributed by atoms with Gasteiger partial charge in [0.15, 0.2) is 5.60 Å². The molecule has 0 aromatic rings. The summed E-state index contributed by atoms with van der Waals surface area (Å²) in [5, 5.41) is 9.35. The van der Waals surface area contributed by atoms with Gasteiger partial charge in [0.2, 0.25) is 0 Å². The zero-order valence-electron chi connectivity index (χ0n) is 9.37. The summed E-state index contributed by atoms with van der Waals surface area (Å²) < 4.78 is 5.85. The maximum Gasteiger partial charge on any atom is 0.335 e. The first-order valence-electron chi connectivity index (χ1n) is 6.04. The number of hydrogen-bond donors (Lipinski definition) is 1. The number of ether oxygens (including phenoxy) is 1. The Balaban J connectivity index is 2.04. The van der Waals surface area contributed by atoms with Gasteiger partial charge in [0.25, 0.3) is 0 Å². The third-order valence-electron chi connectivity index (χ3n) is 3.79. The van der Waals surface area contributed by atoms with Gasteiger partial charge in [-0.25, -0.2) is 4.79 Å². The summed E-state index contributed by atoms with van der Waals surface area (Å²) in [6.45, 7) is 2.13. The van der Waals surface area contributed by atoms with E-state index >= 15 is 0 Å². The van der Waals surface area contributed by atoms with Gasteiger partial charge in [0.05, 0.1) is 6.10 Å². The van der Waals surface area contributed by atoms with E-state index in [1.54, 1.807) is 0 Å². The molecule has 0 saturated heterocycles. The van der Waals surface area contributed by atoms with Crippen molar-refractivity contribution in [2.75, 3.05) is 0 Å². The number of aliphatic carboxylic acids is 1. The van der Waals surface area contributed by atoms with Gasteiger partial charge in [-0.05, 0) is 44.4 Å². The molecule has 2 unspecified atom stereocenters. The zero-order chi connectivity index (χ0) is 10.9. The SMILES string of the molecule is CC1CCCC(OC2CCC2)(C(=O)O)C1. The number of hydrogen-bond acceptors (Lipinski definition) is 2. The Morgan fingerprint density at radius 2 is 2.07 bits per heavy atom. The van der Waals surface area contributed by atoms with Gasteiger partial charge in [0, 0.05) is 0 Å². The van der Waals surface area contributed by atoms with E-state index in [-0.39, 0.29) is 6.10 Å². The lowest BCUT2D eigenvalue weighted by atomic mass is 9.78. The van der Waals surface area contributed by atoms with E-state index < -0.39 is 11.6 Å². The van der Waals surface area contributed by atoms with Crippen LogP contribution in [0.2, 0.25) is 0 Å². The molecule has 2 rings (SSSR count). The third kappa shape index (κ3) is 2.17. The van der Waals surface area contributed by atoms with Crippen molar-refractivity contribution in [2.45, 2.75) is 63.6 Å². The van der Waals surface area contributed by atoms with Crippen molar-refractivity contribution in [1.29, 1.82) is 0 Å². The molecule has 0 aromatic heterocycles. The largest absolute Gasteiger partial charge is 0.479 e. The van der Waals surface area contributed by atoms with Gasteiger partial charge in [-0.2, -0.15) is 0 Å². The maximum absolute atomic E-state index is 11.4. The van der Waals surface area contributed by atoms with E-state index in [9.17, 15) is 9.90 Å². The molecule has 0 spiro atoms. The van der Waals surface area contributed by atoms with Crippen LogP contribution in [0.3, 0.4) is 0 Å². The fourth-order valence-corrected chi connectivity index (χ4v) is 2.66. The van der Waals surface area contributed by atoms with E-state index in [0.717, 1.165) is 25.7 Å². The second-order valence-corrected chi connectivity index (χ2v) is 5.17. The summed E-state index contributed by atoms with van der Waals surface area (Å²) >= 11 is 0. The summed E-state index contributed by atoms with van der Waals surface area (Å²) in [4.78, 5) is 11.4. The second-order valence-electron chi connectivity index (χ2n) is 5.17. The van der Waals surface area contributed by atoms with E-state index in [1.165, 1.54) is 6.42 Å². The van der Waals surface area contributed by atoms with Crippen LogP contribution < -0.4 is 0 Å². The lowest BCUT2D eigenvalue weighted by molar-refractivity contribution is -0.189. The van der Waals surface area contributed by atoms with Crippen LogP contribution in [-0.2, 0) is 9.53 Å². The topological polar surface area (TPSA) is 46.5 Å². The predicted molar refractivity (Wildman–Crippen MR) is 56.7 cm³/mol. The van der Waals surface area contributed by atoms with Crippen molar-refractivity contribution in [3.8, 4) is 0 Å². The lowest BCUT2D eigenvalue weighted by Gasteiger charge is -2.41. The molecule has 0 bridgehead atoms. The van der Waals surface area contributed by atoms with Crippen molar-refractivity contribution < 1.29 is 14.6 Å². The van der Waals surface area contributed by atoms with Gasteiger partial charge >= 0.3 is 5.97 Å². The molecule has 3 nitrogen and oxygen atoms in total. The van der Waals surface area contributed by atoms with Crippen LogP contribution in [-0.4, -0.2) is 22.8 Å². The molecule has 0 amide bonds. The molecule has 3 heteroatoms. The number of carbonyl (C=O) groups is 1.